The molecule has 0 aliphatic heterocycles. The number of nitrogens with one attached hydrogen (secondary N) is 1. The molecule has 92 valence electrons. The SMILES string of the molecule is C[C@@H](NCc1csc2ccccc12)c1cccs1. The lowest BCUT2D eigenvalue weighted by Gasteiger charge is -2.11. The Kier molecular flexibility index (Phi) is 3.46. The van der Waals surface area contributed by atoms with Gasteiger partial charge in [0.25, 0.3) is 0 Å². The second kappa shape index (κ2) is 5.22. The van der Waals surface area contributed by atoms with Crippen LogP contribution < -0.4 is 5.32 Å². The highest BCUT2D eigenvalue weighted by atomic mass is 32.1. The lowest BCUT2D eigenvalue weighted by atomic mass is 10.1. The monoisotopic (exact) mass is 273 g/mol. The van der Waals surface area contributed by atoms with Gasteiger partial charge in [-0.15, -0.1) is 22.7 Å². The van der Waals surface area contributed by atoms with Crippen molar-refractivity contribution in [1.82, 2.24) is 5.32 Å². The van der Waals surface area contributed by atoms with Crippen molar-refractivity contribution in [2.75, 3.05) is 0 Å². The van der Waals surface area contributed by atoms with Gasteiger partial charge in [-0.1, -0.05) is 24.3 Å². The highest BCUT2D eigenvalue weighted by Crippen LogP contribution is 2.26. The quantitative estimate of drug-likeness (QED) is 0.719. The zero-order valence-corrected chi connectivity index (χ0v) is 11.9. The van der Waals surface area contributed by atoms with Gasteiger partial charge in [0.1, 0.15) is 0 Å². The van der Waals surface area contributed by atoms with Crippen LogP contribution in [0.1, 0.15) is 23.4 Å². The molecule has 1 atom stereocenters. The van der Waals surface area contributed by atoms with Crippen LogP contribution >= 0.6 is 22.7 Å². The first-order valence-electron chi connectivity index (χ1n) is 6.06. The standard InChI is InChI=1S/C15H15NS2/c1-11(14-7-4-8-17-14)16-9-12-10-18-15-6-3-2-5-13(12)15/h2-8,10-11,16H,9H2,1H3/t11-/m1/s1. The number of fused-ring (bicyclic) bond motifs is 1. The van der Waals surface area contributed by atoms with E-state index in [0.29, 0.717) is 6.04 Å². The Morgan fingerprint density at radius 3 is 2.83 bits per heavy atom. The third-order valence-electron chi connectivity index (χ3n) is 3.13. The maximum Gasteiger partial charge on any atom is 0.0388 e. The highest BCUT2D eigenvalue weighted by Gasteiger charge is 2.07. The van der Waals surface area contributed by atoms with E-state index >= 15 is 0 Å². The van der Waals surface area contributed by atoms with Crippen molar-refractivity contribution in [3.8, 4) is 0 Å². The van der Waals surface area contributed by atoms with Crippen molar-refractivity contribution in [3.63, 3.8) is 0 Å². The van der Waals surface area contributed by atoms with E-state index in [2.05, 4.69) is 59.4 Å². The Hall–Kier alpha value is -1.16. The summed E-state index contributed by atoms with van der Waals surface area (Å²) in [5.41, 5.74) is 1.40. The smallest absolute Gasteiger partial charge is 0.0388 e. The molecule has 2 aromatic heterocycles. The van der Waals surface area contributed by atoms with Gasteiger partial charge in [0.15, 0.2) is 0 Å². The van der Waals surface area contributed by atoms with Crippen LogP contribution in [0.25, 0.3) is 10.1 Å². The summed E-state index contributed by atoms with van der Waals surface area (Å²) >= 11 is 3.64. The third kappa shape index (κ3) is 2.34. The molecule has 0 fully saturated rings. The average Bonchev–Trinajstić information content (AvgIpc) is 3.06. The molecule has 3 aromatic rings. The highest BCUT2D eigenvalue weighted by molar-refractivity contribution is 7.17. The van der Waals surface area contributed by atoms with Crippen molar-refractivity contribution >= 4 is 32.8 Å². The molecule has 0 bridgehead atoms. The minimum Gasteiger partial charge on any atom is -0.305 e. The molecule has 0 radical (unpaired) electrons. The first-order valence-corrected chi connectivity index (χ1v) is 7.82. The molecule has 0 saturated heterocycles. The van der Waals surface area contributed by atoms with Crippen LogP contribution in [0, 0.1) is 0 Å². The van der Waals surface area contributed by atoms with Gasteiger partial charge in [0.05, 0.1) is 0 Å². The molecule has 0 saturated carbocycles. The van der Waals surface area contributed by atoms with E-state index in [1.807, 2.05) is 22.7 Å². The van der Waals surface area contributed by atoms with Crippen LogP contribution in [0.2, 0.25) is 0 Å². The average molecular weight is 273 g/mol. The number of hydrogen-bond acceptors (Lipinski definition) is 3. The second-order valence-electron chi connectivity index (χ2n) is 4.38. The molecule has 3 heteroatoms. The predicted octanol–water partition coefficient (Wildman–Crippen LogP) is 4.81. The van der Waals surface area contributed by atoms with Gasteiger partial charge >= 0.3 is 0 Å². The summed E-state index contributed by atoms with van der Waals surface area (Å²) in [6, 6.07) is 13.3. The molecular formula is C15H15NS2. The van der Waals surface area contributed by atoms with Crippen molar-refractivity contribution in [3.05, 3.63) is 57.6 Å². The molecule has 0 aliphatic rings. The number of benzene rings is 1. The van der Waals surface area contributed by atoms with E-state index in [1.54, 1.807) is 0 Å². The van der Waals surface area contributed by atoms with Crippen LogP contribution in [-0.4, -0.2) is 0 Å². The Balaban J connectivity index is 1.73. The Bertz CT molecular complexity index is 625. The topological polar surface area (TPSA) is 12.0 Å². The van der Waals surface area contributed by atoms with Crippen molar-refractivity contribution in [2.24, 2.45) is 0 Å². The summed E-state index contributed by atoms with van der Waals surface area (Å²) in [7, 11) is 0. The van der Waals surface area contributed by atoms with Gasteiger partial charge in [-0.25, -0.2) is 0 Å². The fourth-order valence-corrected chi connectivity index (χ4v) is 3.79. The van der Waals surface area contributed by atoms with Crippen LogP contribution in [-0.2, 0) is 6.54 Å². The largest absolute Gasteiger partial charge is 0.305 e. The predicted molar refractivity (Wildman–Crippen MR) is 81.4 cm³/mol. The first kappa shape index (κ1) is 11.9. The summed E-state index contributed by atoms with van der Waals surface area (Å²) in [6.07, 6.45) is 0. The van der Waals surface area contributed by atoms with Gasteiger partial charge in [-0.3, -0.25) is 0 Å². The molecule has 0 unspecified atom stereocenters. The number of thiophene rings is 2. The number of rotatable bonds is 4. The van der Waals surface area contributed by atoms with Crippen LogP contribution in [0.5, 0.6) is 0 Å². The van der Waals surface area contributed by atoms with Crippen molar-refractivity contribution < 1.29 is 0 Å². The summed E-state index contributed by atoms with van der Waals surface area (Å²) in [5, 5.41) is 9.37. The Morgan fingerprint density at radius 2 is 2.00 bits per heavy atom. The summed E-state index contributed by atoms with van der Waals surface area (Å²) in [6.45, 7) is 3.16. The van der Waals surface area contributed by atoms with E-state index in [0.717, 1.165) is 6.54 Å². The van der Waals surface area contributed by atoms with Gasteiger partial charge in [0.2, 0.25) is 0 Å². The Morgan fingerprint density at radius 1 is 1.11 bits per heavy atom. The Labute approximate surface area is 115 Å². The molecule has 1 aromatic carbocycles. The van der Waals surface area contributed by atoms with Crippen molar-refractivity contribution in [1.29, 1.82) is 0 Å². The summed E-state index contributed by atoms with van der Waals surface area (Å²) < 4.78 is 1.37. The molecule has 0 aliphatic carbocycles. The molecule has 1 N–H and O–H groups in total. The molecule has 18 heavy (non-hydrogen) atoms. The van der Waals surface area contributed by atoms with Gasteiger partial charge in [-0.2, -0.15) is 0 Å². The van der Waals surface area contributed by atoms with E-state index in [4.69, 9.17) is 0 Å². The van der Waals surface area contributed by atoms with E-state index in [-0.39, 0.29) is 0 Å². The van der Waals surface area contributed by atoms with Gasteiger partial charge < -0.3 is 5.32 Å². The fraction of sp³-hybridized carbons (Fsp3) is 0.200. The summed E-state index contributed by atoms with van der Waals surface area (Å²) in [4.78, 5) is 1.40. The first-order chi connectivity index (χ1) is 8.84. The minimum atomic E-state index is 0.420. The molecule has 0 spiro atoms. The van der Waals surface area contributed by atoms with E-state index < -0.39 is 0 Å². The lowest BCUT2D eigenvalue weighted by Crippen LogP contribution is -2.16. The van der Waals surface area contributed by atoms with Crippen molar-refractivity contribution in [2.45, 2.75) is 19.5 Å². The molecule has 1 nitrogen and oxygen atoms in total. The molecule has 0 amide bonds. The summed E-state index contributed by atoms with van der Waals surface area (Å²) in [5.74, 6) is 0. The normalized spacial score (nSPS) is 12.9. The maximum atomic E-state index is 3.60. The number of hydrogen-bond donors (Lipinski definition) is 1. The molecular weight excluding hydrogens is 258 g/mol. The zero-order chi connectivity index (χ0) is 12.4. The van der Waals surface area contributed by atoms with Gasteiger partial charge in [0, 0.05) is 22.2 Å². The lowest BCUT2D eigenvalue weighted by molar-refractivity contribution is 0.585. The van der Waals surface area contributed by atoms with E-state index in [1.165, 1.54) is 20.5 Å². The molecule has 3 rings (SSSR count). The zero-order valence-electron chi connectivity index (χ0n) is 10.2. The van der Waals surface area contributed by atoms with Crippen LogP contribution in [0.4, 0.5) is 0 Å². The van der Waals surface area contributed by atoms with Crippen LogP contribution in [0.15, 0.2) is 47.2 Å². The molecule has 2 heterocycles. The third-order valence-corrected chi connectivity index (χ3v) is 5.20. The second-order valence-corrected chi connectivity index (χ2v) is 6.27. The van der Waals surface area contributed by atoms with Gasteiger partial charge in [-0.05, 0) is 40.8 Å². The fourth-order valence-electron chi connectivity index (χ4n) is 2.07. The maximum absolute atomic E-state index is 3.60. The van der Waals surface area contributed by atoms with E-state index in [9.17, 15) is 0 Å². The minimum absolute atomic E-state index is 0.420. The van der Waals surface area contributed by atoms with Crippen LogP contribution in [0.3, 0.4) is 0 Å².